The van der Waals surface area contributed by atoms with E-state index in [-0.39, 0.29) is 0 Å². The summed E-state index contributed by atoms with van der Waals surface area (Å²) in [6.07, 6.45) is 15.3. The van der Waals surface area contributed by atoms with E-state index in [1.165, 1.54) is 64.2 Å². The molecule has 120 valence electrons. The van der Waals surface area contributed by atoms with Crippen LogP contribution >= 0.6 is 0 Å². The molecule has 0 aromatic carbocycles. The minimum Gasteiger partial charge on any atom is -0.343 e. The average molecular weight is 292 g/mol. The lowest BCUT2D eigenvalue weighted by molar-refractivity contribution is -0.134. The molecule has 1 N–H and O–H groups in total. The number of nitrogens with one attached hydrogen (secondary N) is 1. The highest BCUT2D eigenvalue weighted by Gasteiger charge is 2.36. The van der Waals surface area contributed by atoms with Crippen molar-refractivity contribution in [1.29, 1.82) is 0 Å². The first-order chi connectivity index (χ1) is 10.3. The summed E-state index contributed by atoms with van der Waals surface area (Å²) in [7, 11) is 0. The zero-order valence-electron chi connectivity index (χ0n) is 13.5. The third kappa shape index (κ3) is 4.00. The van der Waals surface area contributed by atoms with Crippen LogP contribution in [0.3, 0.4) is 0 Å². The Hall–Kier alpha value is -0.570. The number of amides is 1. The van der Waals surface area contributed by atoms with Gasteiger partial charge in [0.2, 0.25) is 5.91 Å². The zero-order chi connectivity index (χ0) is 14.5. The van der Waals surface area contributed by atoms with Crippen molar-refractivity contribution >= 4 is 5.91 Å². The standard InChI is InChI=1S/C18H32N2O/c21-17(8-7-16-6-2-5-13-19-16)20-14-11-18(12-15-20)9-3-1-4-10-18/h16,19H,1-15H2. The number of hydrogen-bond donors (Lipinski definition) is 1. The summed E-state index contributed by atoms with van der Waals surface area (Å²) in [5.41, 5.74) is 0.611. The van der Waals surface area contributed by atoms with Crippen LogP contribution in [-0.4, -0.2) is 36.5 Å². The van der Waals surface area contributed by atoms with Crippen molar-refractivity contribution in [3.63, 3.8) is 0 Å². The van der Waals surface area contributed by atoms with E-state index in [4.69, 9.17) is 0 Å². The molecule has 1 amide bonds. The molecule has 21 heavy (non-hydrogen) atoms. The lowest BCUT2D eigenvalue weighted by Crippen LogP contribution is -2.44. The minimum atomic E-state index is 0.410. The van der Waals surface area contributed by atoms with Gasteiger partial charge < -0.3 is 10.2 Å². The Morgan fingerprint density at radius 3 is 2.43 bits per heavy atom. The molecule has 1 unspecified atom stereocenters. The Bertz CT molecular complexity index is 333. The van der Waals surface area contributed by atoms with E-state index in [2.05, 4.69) is 10.2 Å². The first-order valence-corrected chi connectivity index (χ1v) is 9.29. The fraction of sp³-hybridized carbons (Fsp3) is 0.944. The van der Waals surface area contributed by atoms with E-state index in [1.54, 1.807) is 0 Å². The topological polar surface area (TPSA) is 32.3 Å². The van der Waals surface area contributed by atoms with Crippen LogP contribution in [0.2, 0.25) is 0 Å². The highest BCUT2D eigenvalue weighted by Crippen LogP contribution is 2.44. The van der Waals surface area contributed by atoms with Crippen LogP contribution in [0, 0.1) is 5.41 Å². The Morgan fingerprint density at radius 1 is 1.00 bits per heavy atom. The summed E-state index contributed by atoms with van der Waals surface area (Å²) in [6.45, 7) is 3.19. The van der Waals surface area contributed by atoms with E-state index in [0.717, 1.165) is 32.5 Å². The van der Waals surface area contributed by atoms with Crippen LogP contribution in [0.1, 0.15) is 77.0 Å². The van der Waals surface area contributed by atoms with Gasteiger partial charge in [-0.15, -0.1) is 0 Å². The SMILES string of the molecule is O=C(CCC1CCCCN1)N1CCC2(CCCCC2)CC1. The highest BCUT2D eigenvalue weighted by molar-refractivity contribution is 5.76. The van der Waals surface area contributed by atoms with Gasteiger partial charge in [0, 0.05) is 25.6 Å². The third-order valence-corrected chi connectivity index (χ3v) is 6.21. The van der Waals surface area contributed by atoms with Gasteiger partial charge >= 0.3 is 0 Å². The van der Waals surface area contributed by atoms with E-state index in [1.807, 2.05) is 0 Å². The van der Waals surface area contributed by atoms with Crippen LogP contribution < -0.4 is 5.32 Å². The van der Waals surface area contributed by atoms with E-state index in [9.17, 15) is 4.79 Å². The summed E-state index contributed by atoms with van der Waals surface area (Å²) in [5.74, 6) is 0.410. The van der Waals surface area contributed by atoms with Crippen LogP contribution in [-0.2, 0) is 4.79 Å². The summed E-state index contributed by atoms with van der Waals surface area (Å²) >= 11 is 0. The van der Waals surface area contributed by atoms with Crippen molar-refractivity contribution in [1.82, 2.24) is 10.2 Å². The number of likely N-dealkylation sites (tertiary alicyclic amines) is 1. The van der Waals surface area contributed by atoms with Gasteiger partial charge in [0.15, 0.2) is 0 Å². The van der Waals surface area contributed by atoms with Crippen molar-refractivity contribution in [2.24, 2.45) is 5.41 Å². The van der Waals surface area contributed by atoms with Crippen LogP contribution in [0.15, 0.2) is 0 Å². The van der Waals surface area contributed by atoms with Crippen LogP contribution in [0.4, 0.5) is 0 Å². The Labute approximate surface area is 129 Å². The lowest BCUT2D eigenvalue weighted by Gasteiger charge is -2.44. The fourth-order valence-corrected chi connectivity index (χ4v) is 4.66. The molecule has 1 spiro atoms. The zero-order valence-corrected chi connectivity index (χ0v) is 13.5. The first kappa shape index (κ1) is 15.3. The van der Waals surface area contributed by atoms with Gasteiger partial charge in [-0.1, -0.05) is 25.7 Å². The number of carbonyl (C=O) groups excluding carboxylic acids is 1. The second-order valence-electron chi connectivity index (χ2n) is 7.63. The number of nitrogens with zero attached hydrogens (tertiary/aromatic N) is 1. The maximum absolute atomic E-state index is 12.4. The molecule has 1 atom stereocenters. The summed E-state index contributed by atoms with van der Waals surface area (Å²) in [5, 5.41) is 3.55. The fourth-order valence-electron chi connectivity index (χ4n) is 4.66. The van der Waals surface area contributed by atoms with Crippen LogP contribution in [0.25, 0.3) is 0 Å². The van der Waals surface area contributed by atoms with Crippen molar-refractivity contribution in [2.45, 2.75) is 83.1 Å². The molecule has 3 rings (SSSR count). The number of hydrogen-bond acceptors (Lipinski definition) is 2. The molecule has 0 radical (unpaired) electrons. The molecule has 2 heterocycles. The normalized spacial score (nSPS) is 29.5. The molecule has 1 saturated carbocycles. The molecule has 0 aromatic heterocycles. The van der Waals surface area contributed by atoms with Crippen molar-refractivity contribution in [3.05, 3.63) is 0 Å². The molecular formula is C18H32N2O. The lowest BCUT2D eigenvalue weighted by atomic mass is 9.68. The second-order valence-corrected chi connectivity index (χ2v) is 7.63. The summed E-state index contributed by atoms with van der Waals surface area (Å²) in [6, 6.07) is 0.595. The molecule has 0 aromatic rings. The molecule has 1 aliphatic carbocycles. The minimum absolute atomic E-state index is 0.410. The molecule has 2 aliphatic heterocycles. The number of carbonyl (C=O) groups is 1. The number of rotatable bonds is 3. The maximum Gasteiger partial charge on any atom is 0.222 e. The quantitative estimate of drug-likeness (QED) is 0.863. The van der Waals surface area contributed by atoms with E-state index in [0.29, 0.717) is 17.4 Å². The second kappa shape index (κ2) is 7.13. The smallest absolute Gasteiger partial charge is 0.222 e. The van der Waals surface area contributed by atoms with E-state index >= 15 is 0 Å². The monoisotopic (exact) mass is 292 g/mol. The van der Waals surface area contributed by atoms with Gasteiger partial charge in [-0.25, -0.2) is 0 Å². The Kier molecular flexibility index (Phi) is 5.20. The Morgan fingerprint density at radius 2 is 1.76 bits per heavy atom. The third-order valence-electron chi connectivity index (χ3n) is 6.21. The molecule has 0 bridgehead atoms. The summed E-state index contributed by atoms with van der Waals surface area (Å²) < 4.78 is 0. The summed E-state index contributed by atoms with van der Waals surface area (Å²) in [4.78, 5) is 14.6. The molecule has 3 aliphatic rings. The van der Waals surface area contributed by atoms with Crippen molar-refractivity contribution in [3.8, 4) is 0 Å². The predicted octanol–water partition coefficient (Wildman–Crippen LogP) is 3.48. The molecular weight excluding hydrogens is 260 g/mol. The van der Waals surface area contributed by atoms with Gasteiger partial charge in [0.1, 0.15) is 0 Å². The molecule has 2 saturated heterocycles. The first-order valence-electron chi connectivity index (χ1n) is 9.29. The largest absolute Gasteiger partial charge is 0.343 e. The van der Waals surface area contributed by atoms with Crippen LogP contribution in [0.5, 0.6) is 0 Å². The van der Waals surface area contributed by atoms with Crippen molar-refractivity contribution < 1.29 is 4.79 Å². The van der Waals surface area contributed by atoms with Crippen molar-refractivity contribution in [2.75, 3.05) is 19.6 Å². The van der Waals surface area contributed by atoms with Gasteiger partial charge in [-0.2, -0.15) is 0 Å². The number of piperidine rings is 2. The molecule has 3 nitrogen and oxygen atoms in total. The predicted molar refractivity (Wildman–Crippen MR) is 86.2 cm³/mol. The van der Waals surface area contributed by atoms with Gasteiger partial charge in [0.05, 0.1) is 0 Å². The van der Waals surface area contributed by atoms with Gasteiger partial charge in [-0.3, -0.25) is 4.79 Å². The van der Waals surface area contributed by atoms with Gasteiger partial charge in [-0.05, 0) is 56.9 Å². The maximum atomic E-state index is 12.4. The highest BCUT2D eigenvalue weighted by atomic mass is 16.2. The average Bonchev–Trinajstić information content (AvgIpc) is 2.55. The van der Waals surface area contributed by atoms with E-state index < -0.39 is 0 Å². The molecule has 3 heteroatoms. The Balaban J connectivity index is 1.40. The molecule has 3 fully saturated rings. The van der Waals surface area contributed by atoms with Gasteiger partial charge in [0.25, 0.3) is 0 Å².